The fourth-order valence-corrected chi connectivity index (χ4v) is 13.6. The van der Waals surface area contributed by atoms with Crippen LogP contribution in [0.5, 0.6) is 0 Å². The molecule has 198 valence electrons. The van der Waals surface area contributed by atoms with Crippen LogP contribution in [0.15, 0.2) is 30.3 Å². The van der Waals surface area contributed by atoms with Gasteiger partial charge in [-0.1, -0.05) is 105 Å². The van der Waals surface area contributed by atoms with Crippen LogP contribution < -0.4 is 0 Å². The molecule has 0 aromatic heterocycles. The van der Waals surface area contributed by atoms with E-state index in [4.69, 9.17) is 23.6 Å². The first kappa shape index (κ1) is 30.2. The van der Waals surface area contributed by atoms with Crippen LogP contribution in [0.2, 0.25) is 18.6 Å². The van der Waals surface area contributed by atoms with E-state index in [2.05, 4.69) is 69.1 Å². The van der Waals surface area contributed by atoms with Gasteiger partial charge in [0.1, 0.15) is 0 Å². The van der Waals surface area contributed by atoms with Gasteiger partial charge in [0, 0.05) is 18.6 Å². The molecule has 0 N–H and O–H groups in total. The van der Waals surface area contributed by atoms with Gasteiger partial charge in [-0.25, -0.2) is 0 Å². The summed E-state index contributed by atoms with van der Waals surface area (Å²) in [5.74, 6) is 3.83. The second kappa shape index (κ2) is 12.7. The minimum absolute atomic E-state index is 0. The van der Waals surface area contributed by atoms with Crippen LogP contribution in [0, 0.1) is 31.1 Å². The summed E-state index contributed by atoms with van der Waals surface area (Å²) in [6, 6.07) is 13.0. The summed E-state index contributed by atoms with van der Waals surface area (Å²) >= 11 is -0.556. The van der Waals surface area contributed by atoms with Gasteiger partial charge in [0.25, 0.3) is 0 Å². The molecule has 2 nitrogen and oxygen atoms in total. The van der Waals surface area contributed by atoms with Crippen LogP contribution in [0.4, 0.5) is 0 Å². The normalized spacial score (nSPS) is 34.5. The maximum absolute atomic E-state index is 5.65. The van der Waals surface area contributed by atoms with E-state index in [0.29, 0.717) is 0 Å². The van der Waals surface area contributed by atoms with E-state index < -0.39 is 25.3 Å². The zero-order valence-electron chi connectivity index (χ0n) is 22.9. The SMILES string of the molecule is CC(C)(C)[N-][Si](C)(C)C1C2CCCCC2C2C3CCCCC3N(Cc3ccccc3)C21.[CH3-].[Cl][Ti][Cl]. The predicted molar refractivity (Wildman–Crippen MR) is 153 cm³/mol. The summed E-state index contributed by atoms with van der Waals surface area (Å²) in [6.07, 6.45) is 11.8. The molecule has 1 aromatic rings. The number of halogens is 2. The van der Waals surface area contributed by atoms with Crippen LogP contribution in [-0.4, -0.2) is 30.8 Å². The molecule has 1 saturated heterocycles. The van der Waals surface area contributed by atoms with Gasteiger partial charge >= 0.3 is 35.6 Å². The Morgan fingerprint density at radius 3 is 2.06 bits per heavy atom. The third-order valence-corrected chi connectivity index (χ3v) is 13.0. The average molecular weight is 572 g/mol. The molecule has 5 rings (SSSR count). The van der Waals surface area contributed by atoms with E-state index in [1.807, 2.05) is 0 Å². The van der Waals surface area contributed by atoms with Gasteiger partial charge in [-0.15, -0.1) is 5.54 Å². The maximum atomic E-state index is 5.65. The monoisotopic (exact) mass is 570 g/mol. The van der Waals surface area contributed by atoms with Gasteiger partial charge in [-0.3, -0.25) is 4.90 Å². The molecular weight excluding hydrogens is 523 g/mol. The van der Waals surface area contributed by atoms with Crippen molar-refractivity contribution in [2.24, 2.45) is 23.7 Å². The molecule has 35 heavy (non-hydrogen) atoms. The van der Waals surface area contributed by atoms with Gasteiger partial charge < -0.3 is 12.4 Å². The number of nitrogens with zero attached hydrogens (tertiary/aromatic N) is 2. The summed E-state index contributed by atoms with van der Waals surface area (Å²) in [6.45, 7) is 13.4. The summed E-state index contributed by atoms with van der Waals surface area (Å²) < 4.78 is 0. The van der Waals surface area contributed by atoms with Crippen LogP contribution in [0.1, 0.15) is 77.7 Å². The molecule has 0 bridgehead atoms. The number of rotatable bonds is 4. The Bertz CT molecular complexity index is 787. The van der Waals surface area contributed by atoms with Gasteiger partial charge in [-0.2, -0.15) is 0 Å². The molecule has 4 aliphatic rings. The molecular formula is C29H48Cl2N2SiTi-2. The second-order valence-electron chi connectivity index (χ2n) is 12.9. The third kappa shape index (κ3) is 6.63. The Morgan fingerprint density at radius 2 is 1.46 bits per heavy atom. The molecule has 7 unspecified atom stereocenters. The van der Waals surface area contributed by atoms with E-state index in [-0.39, 0.29) is 13.0 Å². The summed E-state index contributed by atoms with van der Waals surface area (Å²) in [5, 5.41) is 0. The van der Waals surface area contributed by atoms with Gasteiger partial charge in [-0.05, 0) is 54.0 Å². The molecule has 1 aromatic carbocycles. The van der Waals surface area contributed by atoms with Gasteiger partial charge in [0.15, 0.2) is 0 Å². The standard InChI is InChI=1S/C28H45N2Si.CH3.2ClH.Ti/c1-28(2,3)29-31(4,5)27-22-16-10-9-15-21(22)25-23-17-11-12-18-24(23)30(26(25)27)19-20-13-7-6-8-14-20;;;;/h6-8,13-14,21-27H,9-12,15-19H2,1-5H3;1H3;2*1H;/q2*-1;;;+2/p-2. The average Bonchev–Trinajstić information content (AvgIpc) is 3.27. The number of likely N-dealkylation sites (tertiary alicyclic amines) is 1. The van der Waals surface area contributed by atoms with Crippen LogP contribution >= 0.6 is 18.6 Å². The Labute approximate surface area is 234 Å². The third-order valence-electron chi connectivity index (χ3n) is 9.32. The van der Waals surface area contributed by atoms with Gasteiger partial charge in [0.05, 0.1) is 0 Å². The molecule has 3 saturated carbocycles. The van der Waals surface area contributed by atoms with Crippen molar-refractivity contribution in [1.29, 1.82) is 0 Å². The summed E-state index contributed by atoms with van der Waals surface area (Å²) in [5.41, 5.74) is 2.46. The number of hydrogen-bond acceptors (Lipinski definition) is 1. The Hall–Kier alpha value is 0.651. The van der Waals surface area contributed by atoms with Gasteiger partial charge in [0.2, 0.25) is 0 Å². The fraction of sp³-hybridized carbons (Fsp3) is 0.759. The van der Waals surface area contributed by atoms with Crippen molar-refractivity contribution in [3.8, 4) is 0 Å². The molecule has 0 radical (unpaired) electrons. The van der Waals surface area contributed by atoms with Crippen molar-refractivity contribution in [1.82, 2.24) is 4.90 Å². The molecule has 0 spiro atoms. The first-order valence-corrected chi connectivity index (χ1v) is 21.0. The number of fused-ring (bicyclic) bond motifs is 5. The molecule has 7 atom stereocenters. The quantitative estimate of drug-likeness (QED) is 0.260. The Kier molecular flexibility index (Phi) is 10.9. The second-order valence-corrected chi connectivity index (χ2v) is 19.7. The van der Waals surface area contributed by atoms with E-state index in [1.54, 1.807) is 0 Å². The van der Waals surface area contributed by atoms with Crippen molar-refractivity contribution >= 4 is 26.8 Å². The zero-order chi connectivity index (χ0) is 24.5. The van der Waals surface area contributed by atoms with Crippen molar-refractivity contribution in [2.75, 3.05) is 0 Å². The van der Waals surface area contributed by atoms with E-state index >= 15 is 0 Å². The van der Waals surface area contributed by atoms with Crippen LogP contribution in [0.3, 0.4) is 0 Å². The number of benzene rings is 1. The predicted octanol–water partition coefficient (Wildman–Crippen LogP) is 9.44. The van der Waals surface area contributed by atoms with Crippen LogP contribution in [0.25, 0.3) is 4.98 Å². The first-order valence-electron chi connectivity index (χ1n) is 13.7. The molecule has 4 fully saturated rings. The fourth-order valence-electron chi connectivity index (χ4n) is 8.98. The number of hydrogen-bond donors (Lipinski definition) is 0. The van der Waals surface area contributed by atoms with Crippen molar-refractivity contribution in [2.45, 2.75) is 115 Å². The molecule has 1 heterocycles. The van der Waals surface area contributed by atoms with E-state index in [0.717, 1.165) is 41.3 Å². The Balaban J connectivity index is 0.000000815. The summed E-state index contributed by atoms with van der Waals surface area (Å²) in [7, 11) is 8.04. The molecule has 6 heteroatoms. The molecule has 1 aliphatic heterocycles. The van der Waals surface area contributed by atoms with E-state index in [1.165, 1.54) is 63.5 Å². The van der Waals surface area contributed by atoms with Crippen molar-refractivity contribution < 1.29 is 17.0 Å². The topological polar surface area (TPSA) is 17.3 Å². The first-order chi connectivity index (χ1) is 16.2. The zero-order valence-corrected chi connectivity index (χ0v) is 27.0. The Morgan fingerprint density at radius 1 is 0.914 bits per heavy atom. The van der Waals surface area contributed by atoms with E-state index in [9.17, 15) is 0 Å². The summed E-state index contributed by atoms with van der Waals surface area (Å²) in [4.78, 5) is 8.71. The van der Waals surface area contributed by atoms with Crippen molar-refractivity contribution in [3.63, 3.8) is 0 Å². The van der Waals surface area contributed by atoms with Crippen LogP contribution in [-0.2, 0) is 23.6 Å². The molecule has 0 amide bonds. The molecule has 3 aliphatic carbocycles. The minimum atomic E-state index is -1.74. The van der Waals surface area contributed by atoms with Crippen molar-refractivity contribution in [3.05, 3.63) is 48.3 Å².